The van der Waals surface area contributed by atoms with Gasteiger partial charge in [0.05, 0.1) is 0 Å². The zero-order chi connectivity index (χ0) is 17.4. The molecule has 0 radical (unpaired) electrons. The molecular formula is C19H25N3O3. The molecule has 1 saturated carbocycles. The molecule has 3 fully saturated rings. The Balaban J connectivity index is 1.50. The molecule has 0 unspecified atom stereocenters. The van der Waals surface area contributed by atoms with Crippen LogP contribution in [0, 0.1) is 11.3 Å². The number of carbonyl (C=O) groups excluding carboxylic acids is 1. The van der Waals surface area contributed by atoms with Crippen molar-refractivity contribution in [2.24, 2.45) is 11.3 Å². The number of piperidine rings is 2. The number of anilines is 1. The Morgan fingerprint density at radius 2 is 2.16 bits per heavy atom. The van der Waals surface area contributed by atoms with Crippen molar-refractivity contribution < 1.29 is 14.7 Å². The van der Waals surface area contributed by atoms with E-state index in [9.17, 15) is 14.7 Å². The second-order valence-electron chi connectivity index (χ2n) is 7.95. The molecule has 4 rings (SSSR count). The Hall–Kier alpha value is -2.11. The summed E-state index contributed by atoms with van der Waals surface area (Å²) >= 11 is 0. The van der Waals surface area contributed by atoms with Crippen molar-refractivity contribution in [3.8, 4) is 0 Å². The zero-order valence-electron chi connectivity index (χ0n) is 14.5. The number of rotatable bonds is 4. The number of hydrogen-bond acceptors (Lipinski definition) is 4. The van der Waals surface area contributed by atoms with Gasteiger partial charge in [0, 0.05) is 49.9 Å². The van der Waals surface area contributed by atoms with Crippen LogP contribution in [0.4, 0.5) is 5.69 Å². The van der Waals surface area contributed by atoms with Gasteiger partial charge in [0.15, 0.2) is 0 Å². The number of hydrogen-bond donors (Lipinski definition) is 1. The van der Waals surface area contributed by atoms with E-state index in [1.807, 2.05) is 6.07 Å². The molecule has 1 amide bonds. The van der Waals surface area contributed by atoms with Gasteiger partial charge in [-0.15, -0.1) is 0 Å². The maximum absolute atomic E-state index is 12.3. The van der Waals surface area contributed by atoms with Crippen LogP contribution in [0.1, 0.15) is 49.0 Å². The average molecular weight is 343 g/mol. The first kappa shape index (κ1) is 16.4. The Morgan fingerprint density at radius 3 is 2.92 bits per heavy atom. The van der Waals surface area contributed by atoms with Crippen LogP contribution in [0.25, 0.3) is 0 Å². The van der Waals surface area contributed by atoms with Gasteiger partial charge >= 0.3 is 5.97 Å². The van der Waals surface area contributed by atoms with Crippen molar-refractivity contribution in [3.63, 3.8) is 0 Å². The molecule has 1 atom stereocenters. The van der Waals surface area contributed by atoms with Crippen molar-refractivity contribution in [2.75, 3.05) is 31.1 Å². The van der Waals surface area contributed by atoms with Crippen molar-refractivity contribution in [3.05, 3.63) is 24.0 Å². The Bertz CT molecular complexity index is 688. The standard InChI is InChI=1S/C19H25N3O3/c23-17-4-7-19(13-22(17)11-14-2-3-14)6-1-9-21(12-19)15-5-8-20-16(10-15)18(24)25/h5,8,10,14H,1-4,6-7,9,11-13H2,(H,24,25)/t19-/m1/s1. The zero-order valence-corrected chi connectivity index (χ0v) is 14.5. The van der Waals surface area contributed by atoms with Gasteiger partial charge in [-0.1, -0.05) is 0 Å². The molecule has 0 aromatic carbocycles. The molecule has 25 heavy (non-hydrogen) atoms. The van der Waals surface area contributed by atoms with E-state index >= 15 is 0 Å². The lowest BCUT2D eigenvalue weighted by molar-refractivity contribution is -0.138. The lowest BCUT2D eigenvalue weighted by Crippen LogP contribution is -2.54. The highest BCUT2D eigenvalue weighted by Gasteiger charge is 2.43. The van der Waals surface area contributed by atoms with Gasteiger partial charge in [-0.05, 0) is 50.2 Å². The first-order valence-corrected chi connectivity index (χ1v) is 9.27. The maximum Gasteiger partial charge on any atom is 0.354 e. The first-order valence-electron chi connectivity index (χ1n) is 9.27. The van der Waals surface area contributed by atoms with Crippen LogP contribution in [-0.4, -0.2) is 53.0 Å². The van der Waals surface area contributed by atoms with Gasteiger partial charge < -0.3 is 14.9 Å². The fourth-order valence-corrected chi connectivity index (χ4v) is 4.38. The van der Waals surface area contributed by atoms with E-state index in [1.165, 1.54) is 12.8 Å². The van der Waals surface area contributed by atoms with Crippen LogP contribution in [0.3, 0.4) is 0 Å². The van der Waals surface area contributed by atoms with Crippen molar-refractivity contribution >= 4 is 17.6 Å². The van der Waals surface area contributed by atoms with Crippen LogP contribution >= 0.6 is 0 Å². The van der Waals surface area contributed by atoms with E-state index in [4.69, 9.17) is 0 Å². The molecule has 1 spiro atoms. The fraction of sp³-hybridized carbons (Fsp3) is 0.632. The summed E-state index contributed by atoms with van der Waals surface area (Å²) in [6.07, 6.45) is 7.92. The van der Waals surface area contributed by atoms with Crippen molar-refractivity contribution in [1.82, 2.24) is 9.88 Å². The van der Waals surface area contributed by atoms with Crippen LogP contribution in [-0.2, 0) is 4.79 Å². The molecular weight excluding hydrogens is 318 g/mol. The maximum atomic E-state index is 12.3. The molecule has 1 N–H and O–H groups in total. The molecule has 1 aliphatic carbocycles. The van der Waals surface area contributed by atoms with Gasteiger partial charge in [0.1, 0.15) is 5.69 Å². The van der Waals surface area contributed by atoms with E-state index in [0.717, 1.165) is 57.0 Å². The Labute approximate surface area is 147 Å². The first-order chi connectivity index (χ1) is 12.0. The number of carbonyl (C=O) groups is 2. The van der Waals surface area contributed by atoms with E-state index in [-0.39, 0.29) is 11.1 Å². The Morgan fingerprint density at radius 1 is 1.32 bits per heavy atom. The number of carboxylic acids is 1. The van der Waals surface area contributed by atoms with E-state index < -0.39 is 5.97 Å². The summed E-state index contributed by atoms with van der Waals surface area (Å²) < 4.78 is 0. The summed E-state index contributed by atoms with van der Waals surface area (Å²) in [7, 11) is 0. The van der Waals surface area contributed by atoms with Gasteiger partial charge in [0.2, 0.25) is 5.91 Å². The number of aromatic carboxylic acids is 1. The fourth-order valence-electron chi connectivity index (χ4n) is 4.38. The van der Waals surface area contributed by atoms with Crippen LogP contribution in [0.15, 0.2) is 18.3 Å². The predicted octanol–water partition coefficient (Wildman–Crippen LogP) is 2.40. The minimum Gasteiger partial charge on any atom is -0.477 e. The molecule has 6 heteroatoms. The molecule has 134 valence electrons. The van der Waals surface area contributed by atoms with Gasteiger partial charge in [-0.3, -0.25) is 4.79 Å². The molecule has 3 aliphatic rings. The minimum atomic E-state index is -0.993. The largest absolute Gasteiger partial charge is 0.477 e. The molecule has 2 saturated heterocycles. The van der Waals surface area contributed by atoms with Crippen LogP contribution in [0.5, 0.6) is 0 Å². The second kappa shape index (κ2) is 6.32. The van der Waals surface area contributed by atoms with E-state index in [0.29, 0.717) is 12.3 Å². The van der Waals surface area contributed by atoms with Crippen LogP contribution in [0.2, 0.25) is 0 Å². The highest BCUT2D eigenvalue weighted by molar-refractivity contribution is 5.86. The highest BCUT2D eigenvalue weighted by Crippen LogP contribution is 2.41. The topological polar surface area (TPSA) is 73.7 Å². The normalized spacial score (nSPS) is 27.0. The summed E-state index contributed by atoms with van der Waals surface area (Å²) in [5.74, 6) is 0.0382. The smallest absolute Gasteiger partial charge is 0.354 e. The molecule has 3 heterocycles. The third kappa shape index (κ3) is 3.48. The number of aromatic nitrogens is 1. The number of likely N-dealkylation sites (tertiary alicyclic amines) is 1. The van der Waals surface area contributed by atoms with Crippen molar-refractivity contribution in [1.29, 1.82) is 0 Å². The molecule has 1 aromatic heterocycles. The summed E-state index contributed by atoms with van der Waals surface area (Å²) in [6.45, 7) is 3.61. The Kier molecular flexibility index (Phi) is 4.13. The molecule has 6 nitrogen and oxygen atoms in total. The SMILES string of the molecule is O=C(O)c1cc(N2CCC[C@@]3(CCC(=O)N(CC4CC4)C3)C2)ccn1. The lowest BCUT2D eigenvalue weighted by Gasteiger charge is -2.49. The van der Waals surface area contributed by atoms with Crippen LogP contribution < -0.4 is 4.90 Å². The summed E-state index contributed by atoms with van der Waals surface area (Å²) in [5, 5.41) is 9.18. The molecule has 2 aliphatic heterocycles. The third-order valence-electron chi connectivity index (χ3n) is 5.91. The quantitative estimate of drug-likeness (QED) is 0.909. The lowest BCUT2D eigenvalue weighted by atomic mass is 9.73. The summed E-state index contributed by atoms with van der Waals surface area (Å²) in [4.78, 5) is 31.8. The molecule has 0 bridgehead atoms. The number of pyridine rings is 1. The predicted molar refractivity (Wildman–Crippen MR) is 93.6 cm³/mol. The average Bonchev–Trinajstić information content (AvgIpc) is 3.43. The van der Waals surface area contributed by atoms with Crippen molar-refractivity contribution in [2.45, 2.75) is 38.5 Å². The van der Waals surface area contributed by atoms with E-state index in [1.54, 1.807) is 12.3 Å². The van der Waals surface area contributed by atoms with Gasteiger partial charge in [-0.2, -0.15) is 0 Å². The minimum absolute atomic E-state index is 0.0892. The van der Waals surface area contributed by atoms with Gasteiger partial charge in [0.25, 0.3) is 0 Å². The molecule has 1 aromatic rings. The third-order valence-corrected chi connectivity index (χ3v) is 5.91. The summed E-state index contributed by atoms with van der Waals surface area (Å²) in [5.41, 5.74) is 1.16. The summed E-state index contributed by atoms with van der Waals surface area (Å²) in [6, 6.07) is 3.55. The number of nitrogens with zero attached hydrogens (tertiary/aromatic N) is 3. The highest BCUT2D eigenvalue weighted by atomic mass is 16.4. The van der Waals surface area contributed by atoms with Gasteiger partial charge in [-0.25, -0.2) is 9.78 Å². The second-order valence-corrected chi connectivity index (χ2v) is 7.95. The van der Waals surface area contributed by atoms with E-state index in [2.05, 4.69) is 14.8 Å². The monoisotopic (exact) mass is 343 g/mol. The number of carboxylic acid groups (broad SMARTS) is 1. The number of amides is 1.